The molecule has 0 saturated carbocycles. The molecule has 0 aliphatic carbocycles. The normalized spacial score (nSPS) is 11.8. The van der Waals surface area contributed by atoms with E-state index in [4.69, 9.17) is 9.40 Å². The van der Waals surface area contributed by atoms with Gasteiger partial charge in [0, 0.05) is 40.9 Å². The average Bonchev–Trinajstić information content (AvgIpc) is 3.62. The number of pyridine rings is 3. The summed E-state index contributed by atoms with van der Waals surface area (Å²) in [6.07, 6.45) is 7.02. The quantitative estimate of drug-likeness (QED) is 0.225. The van der Waals surface area contributed by atoms with E-state index in [0.29, 0.717) is 0 Å². The van der Waals surface area contributed by atoms with E-state index in [1.54, 1.807) is 24.8 Å². The van der Waals surface area contributed by atoms with Crippen molar-refractivity contribution in [3.63, 3.8) is 0 Å². The largest absolute Gasteiger partial charge is 0.454 e. The number of furan rings is 1. The summed E-state index contributed by atoms with van der Waals surface area (Å²) in [5.41, 5.74) is 9.32. The van der Waals surface area contributed by atoms with Crippen LogP contribution in [0, 0.1) is 0 Å². The summed E-state index contributed by atoms with van der Waals surface area (Å²) >= 11 is 0. The molecule has 0 aliphatic rings. The second kappa shape index (κ2) is 8.78. The molecule has 0 spiro atoms. The summed E-state index contributed by atoms with van der Waals surface area (Å²) in [4.78, 5) is 23.4. The van der Waals surface area contributed by atoms with E-state index in [2.05, 4.69) is 73.0 Å². The van der Waals surface area contributed by atoms with Gasteiger partial charge in [0.2, 0.25) is 0 Å². The van der Waals surface area contributed by atoms with Gasteiger partial charge in [0.1, 0.15) is 11.1 Å². The highest BCUT2D eigenvalue weighted by atomic mass is 16.3. The second-order valence-electron chi connectivity index (χ2n) is 10.2. The van der Waals surface area contributed by atoms with Crippen LogP contribution in [-0.4, -0.2) is 29.5 Å². The minimum absolute atomic E-state index is 0.762. The lowest BCUT2D eigenvalue weighted by Crippen LogP contribution is -1.99. The van der Waals surface area contributed by atoms with Crippen molar-refractivity contribution in [2.75, 3.05) is 0 Å². The van der Waals surface area contributed by atoms with Crippen LogP contribution in [0.1, 0.15) is 0 Å². The van der Waals surface area contributed by atoms with Crippen molar-refractivity contribution in [1.82, 2.24) is 29.5 Å². The van der Waals surface area contributed by atoms with Crippen LogP contribution in [0.25, 0.3) is 83.2 Å². The van der Waals surface area contributed by atoms with Crippen molar-refractivity contribution in [1.29, 1.82) is 0 Å². The maximum Gasteiger partial charge on any atom is 0.160 e. The van der Waals surface area contributed by atoms with Crippen LogP contribution in [0.2, 0.25) is 0 Å². The Labute approximate surface area is 238 Å². The van der Waals surface area contributed by atoms with E-state index in [9.17, 15) is 0 Å². The van der Waals surface area contributed by atoms with Gasteiger partial charge in [-0.3, -0.25) is 19.9 Å². The molecule has 7 nitrogen and oxygen atoms in total. The van der Waals surface area contributed by atoms with Gasteiger partial charge in [-0.2, -0.15) is 0 Å². The van der Waals surface area contributed by atoms with Crippen molar-refractivity contribution < 1.29 is 4.42 Å². The molecule has 0 aliphatic heterocycles. The van der Waals surface area contributed by atoms with Gasteiger partial charge in [-0.25, -0.2) is 4.98 Å². The Hall–Kier alpha value is -5.95. The molecule has 9 aromatic rings. The summed E-state index contributed by atoms with van der Waals surface area (Å²) in [6, 6.07) is 32.6. The minimum Gasteiger partial charge on any atom is -0.454 e. The van der Waals surface area contributed by atoms with Crippen molar-refractivity contribution in [3.05, 3.63) is 122 Å². The monoisotopic (exact) mass is 540 g/mol. The fourth-order valence-electron chi connectivity index (χ4n) is 6.01. The highest BCUT2D eigenvalue weighted by Crippen LogP contribution is 2.42. The van der Waals surface area contributed by atoms with Crippen LogP contribution in [0.5, 0.6) is 0 Å². The average molecular weight is 541 g/mol. The van der Waals surface area contributed by atoms with E-state index in [0.717, 1.165) is 83.2 Å². The predicted molar refractivity (Wildman–Crippen MR) is 165 cm³/mol. The lowest BCUT2D eigenvalue weighted by atomic mass is 10.1. The van der Waals surface area contributed by atoms with E-state index in [1.165, 1.54) is 0 Å². The fraction of sp³-hybridized carbons (Fsp3) is 0. The number of nitrogens with zero attached hydrogens (tertiary/aromatic N) is 6. The lowest BCUT2D eigenvalue weighted by molar-refractivity contribution is 0.671. The third-order valence-electron chi connectivity index (χ3n) is 7.80. The Kier molecular flexibility index (Phi) is 4.77. The summed E-state index contributed by atoms with van der Waals surface area (Å²) in [7, 11) is 0. The fourth-order valence-corrected chi connectivity index (χ4v) is 6.01. The molecular weight excluding hydrogens is 520 g/mol. The van der Waals surface area contributed by atoms with E-state index in [-0.39, 0.29) is 0 Å². The molecule has 0 bridgehead atoms. The second-order valence-corrected chi connectivity index (χ2v) is 10.2. The maximum absolute atomic E-state index is 6.67. The van der Waals surface area contributed by atoms with Crippen LogP contribution >= 0.6 is 0 Å². The maximum atomic E-state index is 6.67. The third-order valence-corrected chi connectivity index (χ3v) is 7.80. The van der Waals surface area contributed by atoms with Crippen LogP contribution in [0.4, 0.5) is 0 Å². The minimum atomic E-state index is 0.762. The predicted octanol–water partition coefficient (Wildman–Crippen LogP) is 8.15. The molecule has 0 fully saturated rings. The van der Waals surface area contributed by atoms with Crippen LogP contribution in [0.15, 0.2) is 126 Å². The number of hydrogen-bond acceptors (Lipinski definition) is 6. The first-order valence-electron chi connectivity index (χ1n) is 13.7. The molecule has 0 amide bonds. The van der Waals surface area contributed by atoms with Crippen molar-refractivity contribution >= 4 is 54.8 Å². The molecule has 3 aromatic carbocycles. The Morgan fingerprint density at radius 1 is 0.548 bits per heavy atom. The van der Waals surface area contributed by atoms with Gasteiger partial charge >= 0.3 is 0 Å². The summed E-state index contributed by atoms with van der Waals surface area (Å²) in [5.74, 6) is 0. The highest BCUT2D eigenvalue weighted by Gasteiger charge is 2.21. The molecule has 42 heavy (non-hydrogen) atoms. The summed E-state index contributed by atoms with van der Waals surface area (Å²) in [6.45, 7) is 0. The molecule has 0 unspecified atom stereocenters. The highest BCUT2D eigenvalue weighted by molar-refractivity contribution is 6.25. The van der Waals surface area contributed by atoms with E-state index < -0.39 is 0 Å². The Bertz CT molecular complexity index is 2410. The number of hydrogen-bond donors (Lipinski definition) is 0. The lowest BCUT2D eigenvalue weighted by Gasteiger charge is -2.12. The Balaban J connectivity index is 1.44. The number of benzene rings is 3. The Morgan fingerprint density at radius 3 is 2.02 bits per heavy atom. The van der Waals surface area contributed by atoms with Crippen LogP contribution in [-0.2, 0) is 0 Å². The third kappa shape index (κ3) is 3.31. The molecule has 0 atom stereocenters. The van der Waals surface area contributed by atoms with Gasteiger partial charge in [-0.15, -0.1) is 0 Å². The van der Waals surface area contributed by atoms with Crippen molar-refractivity contribution in [2.24, 2.45) is 0 Å². The number of aromatic nitrogens is 6. The molecular formula is C35H20N6O. The van der Waals surface area contributed by atoms with Crippen molar-refractivity contribution in [2.45, 2.75) is 0 Å². The molecule has 6 heterocycles. The first-order chi connectivity index (χ1) is 20.8. The zero-order chi connectivity index (χ0) is 27.6. The van der Waals surface area contributed by atoms with Crippen molar-refractivity contribution in [3.8, 4) is 28.5 Å². The Morgan fingerprint density at radius 2 is 1.26 bits per heavy atom. The molecule has 6 aromatic heterocycles. The standard InChI is InChI=1S/C35H20N6O/c1-2-10-30-22(7-1)23-11-12-24-32-31(14-13-27-33(32)39-18-17-38-27)42-35(24)34(23)41(30)21-19-28(25-8-3-5-15-36-25)40-29(20-21)26-9-4-6-16-37-26/h1-20H. The first-order valence-corrected chi connectivity index (χ1v) is 13.7. The summed E-state index contributed by atoms with van der Waals surface area (Å²) < 4.78 is 8.93. The van der Waals surface area contributed by atoms with E-state index in [1.807, 2.05) is 48.5 Å². The topological polar surface area (TPSA) is 82.5 Å². The molecule has 9 rings (SSSR count). The number of fused-ring (bicyclic) bond motifs is 9. The van der Waals surface area contributed by atoms with Crippen LogP contribution in [0.3, 0.4) is 0 Å². The van der Waals surface area contributed by atoms with Crippen LogP contribution < -0.4 is 0 Å². The van der Waals surface area contributed by atoms with Gasteiger partial charge in [0.05, 0.1) is 50.4 Å². The number of para-hydroxylation sites is 1. The van der Waals surface area contributed by atoms with Gasteiger partial charge in [-0.1, -0.05) is 36.4 Å². The number of rotatable bonds is 3. The molecule has 0 N–H and O–H groups in total. The van der Waals surface area contributed by atoms with E-state index >= 15 is 0 Å². The molecule has 196 valence electrons. The molecule has 7 heteroatoms. The van der Waals surface area contributed by atoms with Gasteiger partial charge in [-0.05, 0) is 60.7 Å². The summed E-state index contributed by atoms with van der Waals surface area (Å²) in [5, 5.41) is 4.20. The first kappa shape index (κ1) is 22.8. The zero-order valence-electron chi connectivity index (χ0n) is 22.1. The SMILES string of the molecule is c1ccc(-c2cc(-n3c4ccccc4c4ccc5c(oc6ccc7nccnc7c65)c43)cc(-c3ccccn3)n2)nc1. The zero-order valence-corrected chi connectivity index (χ0v) is 22.1. The van der Waals surface area contributed by atoms with Gasteiger partial charge < -0.3 is 8.98 Å². The molecule has 0 saturated heterocycles. The van der Waals surface area contributed by atoms with Gasteiger partial charge in [0.15, 0.2) is 5.58 Å². The molecule has 0 radical (unpaired) electrons. The smallest absolute Gasteiger partial charge is 0.160 e. The van der Waals surface area contributed by atoms with Gasteiger partial charge in [0.25, 0.3) is 0 Å².